The molecule has 0 aliphatic heterocycles. The molecule has 88 valence electrons. The van der Waals surface area contributed by atoms with E-state index in [1.165, 1.54) is 6.42 Å². The Morgan fingerprint density at radius 2 is 2.38 bits per heavy atom. The molecule has 1 aromatic rings. The zero-order valence-corrected chi connectivity index (χ0v) is 9.82. The molecular weight excluding hydrogens is 202 g/mol. The van der Waals surface area contributed by atoms with Gasteiger partial charge >= 0.3 is 0 Å². The largest absolute Gasteiger partial charge is 0.468 e. The van der Waals surface area contributed by atoms with Gasteiger partial charge in [-0.3, -0.25) is 9.69 Å². The van der Waals surface area contributed by atoms with Gasteiger partial charge in [0, 0.05) is 18.9 Å². The number of furan rings is 1. The van der Waals surface area contributed by atoms with Crippen molar-refractivity contribution in [3.8, 4) is 0 Å². The van der Waals surface area contributed by atoms with E-state index in [0.29, 0.717) is 5.78 Å². The highest BCUT2D eigenvalue weighted by Gasteiger charge is 2.23. The van der Waals surface area contributed by atoms with Gasteiger partial charge in [-0.2, -0.15) is 0 Å². The van der Waals surface area contributed by atoms with Crippen LogP contribution in [-0.4, -0.2) is 24.3 Å². The van der Waals surface area contributed by atoms with E-state index >= 15 is 0 Å². The van der Waals surface area contributed by atoms with E-state index in [1.807, 2.05) is 19.2 Å². The van der Waals surface area contributed by atoms with Crippen LogP contribution in [0.2, 0.25) is 0 Å². The minimum atomic E-state index is 0.244. The first-order valence-electron chi connectivity index (χ1n) is 5.99. The van der Waals surface area contributed by atoms with Crippen LogP contribution in [0.25, 0.3) is 0 Å². The van der Waals surface area contributed by atoms with Crippen molar-refractivity contribution in [3.05, 3.63) is 24.2 Å². The van der Waals surface area contributed by atoms with Crippen molar-refractivity contribution in [2.75, 3.05) is 13.6 Å². The molecule has 3 nitrogen and oxygen atoms in total. The van der Waals surface area contributed by atoms with Crippen molar-refractivity contribution in [3.63, 3.8) is 0 Å². The van der Waals surface area contributed by atoms with Crippen LogP contribution in [0.15, 0.2) is 22.8 Å². The first-order chi connectivity index (χ1) is 7.75. The van der Waals surface area contributed by atoms with Gasteiger partial charge in [0.05, 0.1) is 12.8 Å². The second-order valence-corrected chi connectivity index (χ2v) is 4.69. The van der Waals surface area contributed by atoms with Crippen LogP contribution < -0.4 is 0 Å². The SMILES string of the molecule is CN(Cc1ccco1)CC1CCCCC1=O. The zero-order chi connectivity index (χ0) is 11.4. The summed E-state index contributed by atoms with van der Waals surface area (Å²) in [5, 5.41) is 0. The second-order valence-electron chi connectivity index (χ2n) is 4.69. The lowest BCUT2D eigenvalue weighted by Crippen LogP contribution is -2.31. The molecule has 1 aromatic heterocycles. The molecule has 2 rings (SSSR count). The Balaban J connectivity index is 1.82. The van der Waals surface area contributed by atoms with Crippen LogP contribution in [0.3, 0.4) is 0 Å². The van der Waals surface area contributed by atoms with E-state index in [1.54, 1.807) is 6.26 Å². The first kappa shape index (κ1) is 11.4. The normalized spacial score (nSPS) is 21.6. The molecule has 0 N–H and O–H groups in total. The summed E-state index contributed by atoms with van der Waals surface area (Å²) in [5.74, 6) is 1.65. The lowest BCUT2D eigenvalue weighted by atomic mass is 9.87. The van der Waals surface area contributed by atoms with Crippen LogP contribution in [0, 0.1) is 5.92 Å². The number of nitrogens with zero attached hydrogens (tertiary/aromatic N) is 1. The van der Waals surface area contributed by atoms with E-state index in [-0.39, 0.29) is 5.92 Å². The van der Waals surface area contributed by atoms with Crippen LogP contribution in [0.1, 0.15) is 31.4 Å². The summed E-state index contributed by atoms with van der Waals surface area (Å²) in [4.78, 5) is 13.9. The van der Waals surface area contributed by atoms with Gasteiger partial charge in [0.15, 0.2) is 0 Å². The summed E-state index contributed by atoms with van der Waals surface area (Å²) in [6.07, 6.45) is 5.80. The fraction of sp³-hybridized carbons (Fsp3) is 0.615. The molecule has 1 aliphatic carbocycles. The molecule has 0 amide bonds. The average molecular weight is 221 g/mol. The summed E-state index contributed by atoms with van der Waals surface area (Å²) in [6, 6.07) is 3.87. The summed E-state index contributed by atoms with van der Waals surface area (Å²) in [7, 11) is 2.05. The first-order valence-corrected chi connectivity index (χ1v) is 5.99. The number of rotatable bonds is 4. The molecule has 1 unspecified atom stereocenters. The number of carbonyl (C=O) groups is 1. The van der Waals surface area contributed by atoms with Gasteiger partial charge in [0.25, 0.3) is 0 Å². The molecule has 16 heavy (non-hydrogen) atoms. The Morgan fingerprint density at radius 1 is 1.50 bits per heavy atom. The maximum absolute atomic E-state index is 11.7. The third-order valence-electron chi connectivity index (χ3n) is 3.22. The van der Waals surface area contributed by atoms with Crippen molar-refractivity contribution in [2.24, 2.45) is 5.92 Å². The van der Waals surface area contributed by atoms with E-state index in [4.69, 9.17) is 4.42 Å². The number of hydrogen-bond acceptors (Lipinski definition) is 3. The van der Waals surface area contributed by atoms with E-state index < -0.39 is 0 Å². The van der Waals surface area contributed by atoms with Gasteiger partial charge in [-0.1, -0.05) is 6.42 Å². The molecular formula is C13H19NO2. The number of hydrogen-bond donors (Lipinski definition) is 0. The maximum Gasteiger partial charge on any atom is 0.137 e. The maximum atomic E-state index is 11.7. The molecule has 1 atom stereocenters. The minimum Gasteiger partial charge on any atom is -0.468 e. The molecule has 1 saturated carbocycles. The predicted octanol–water partition coefficient (Wildman–Crippen LogP) is 2.47. The Kier molecular flexibility index (Phi) is 3.78. The van der Waals surface area contributed by atoms with Crippen LogP contribution in [0.4, 0.5) is 0 Å². The molecule has 0 spiro atoms. The van der Waals surface area contributed by atoms with Crippen LogP contribution in [-0.2, 0) is 11.3 Å². The molecule has 3 heteroatoms. The molecule has 1 heterocycles. The Bertz CT molecular complexity index is 332. The molecule has 0 aromatic carbocycles. The van der Waals surface area contributed by atoms with Gasteiger partial charge in [0.2, 0.25) is 0 Å². The molecule has 0 bridgehead atoms. The van der Waals surface area contributed by atoms with Crippen molar-refractivity contribution < 1.29 is 9.21 Å². The zero-order valence-electron chi connectivity index (χ0n) is 9.82. The van der Waals surface area contributed by atoms with Gasteiger partial charge in [-0.15, -0.1) is 0 Å². The summed E-state index contributed by atoms with van der Waals surface area (Å²) < 4.78 is 5.29. The quantitative estimate of drug-likeness (QED) is 0.783. The highest BCUT2D eigenvalue weighted by Crippen LogP contribution is 2.21. The highest BCUT2D eigenvalue weighted by atomic mass is 16.3. The molecule has 0 saturated heterocycles. The van der Waals surface area contributed by atoms with Crippen LogP contribution in [0.5, 0.6) is 0 Å². The van der Waals surface area contributed by atoms with Gasteiger partial charge < -0.3 is 4.42 Å². The van der Waals surface area contributed by atoms with E-state index in [2.05, 4.69) is 4.90 Å². The Morgan fingerprint density at radius 3 is 3.06 bits per heavy atom. The summed E-state index contributed by atoms with van der Waals surface area (Å²) >= 11 is 0. The predicted molar refractivity (Wildman–Crippen MR) is 62.0 cm³/mol. The van der Waals surface area contributed by atoms with E-state index in [0.717, 1.165) is 38.1 Å². The third kappa shape index (κ3) is 2.95. The molecule has 0 radical (unpaired) electrons. The van der Waals surface area contributed by atoms with Crippen molar-refractivity contribution >= 4 is 5.78 Å². The molecule has 1 fully saturated rings. The standard InChI is InChI=1S/C13H19NO2/c1-14(10-12-6-4-8-16-12)9-11-5-2-3-7-13(11)15/h4,6,8,11H,2-3,5,7,9-10H2,1H3. The monoisotopic (exact) mass is 221 g/mol. The fourth-order valence-electron chi connectivity index (χ4n) is 2.36. The van der Waals surface area contributed by atoms with Gasteiger partial charge in [0.1, 0.15) is 11.5 Å². The number of ketones is 1. The lowest BCUT2D eigenvalue weighted by molar-refractivity contribution is -0.125. The number of Topliss-reactive ketones (excluding diaryl/α,β-unsaturated/α-hetero) is 1. The average Bonchev–Trinajstić information content (AvgIpc) is 2.74. The Hall–Kier alpha value is -1.09. The number of carbonyl (C=O) groups excluding carboxylic acids is 1. The second kappa shape index (κ2) is 5.30. The van der Waals surface area contributed by atoms with Crippen molar-refractivity contribution in [1.29, 1.82) is 0 Å². The lowest BCUT2D eigenvalue weighted by Gasteiger charge is -2.25. The van der Waals surface area contributed by atoms with E-state index in [9.17, 15) is 4.79 Å². The smallest absolute Gasteiger partial charge is 0.137 e. The van der Waals surface area contributed by atoms with Gasteiger partial charge in [-0.05, 0) is 32.0 Å². The fourth-order valence-corrected chi connectivity index (χ4v) is 2.36. The minimum absolute atomic E-state index is 0.244. The Labute approximate surface area is 96.4 Å². The molecule has 1 aliphatic rings. The van der Waals surface area contributed by atoms with Gasteiger partial charge in [-0.25, -0.2) is 0 Å². The third-order valence-corrected chi connectivity index (χ3v) is 3.22. The van der Waals surface area contributed by atoms with Crippen molar-refractivity contribution in [2.45, 2.75) is 32.2 Å². The topological polar surface area (TPSA) is 33.5 Å². The highest BCUT2D eigenvalue weighted by molar-refractivity contribution is 5.81. The summed E-state index contributed by atoms with van der Waals surface area (Å²) in [5.41, 5.74) is 0. The summed E-state index contributed by atoms with van der Waals surface area (Å²) in [6.45, 7) is 1.65. The van der Waals surface area contributed by atoms with Crippen molar-refractivity contribution in [1.82, 2.24) is 4.90 Å². The van der Waals surface area contributed by atoms with Crippen LogP contribution >= 0.6 is 0 Å².